The van der Waals surface area contributed by atoms with Crippen LogP contribution in [0.3, 0.4) is 0 Å². The SMILES string of the molecule is CC.CCC(=O)CN.CCCC. The summed E-state index contributed by atoms with van der Waals surface area (Å²) >= 11 is 0. The van der Waals surface area contributed by atoms with Crippen molar-refractivity contribution < 1.29 is 4.79 Å². The van der Waals surface area contributed by atoms with Crippen molar-refractivity contribution in [3.05, 3.63) is 0 Å². The Balaban J connectivity index is -0.000000118. The van der Waals surface area contributed by atoms with Gasteiger partial charge in [0.2, 0.25) is 0 Å². The van der Waals surface area contributed by atoms with Gasteiger partial charge >= 0.3 is 0 Å². The standard InChI is InChI=1S/C4H9NO.C4H10.C2H6/c1-2-4(6)3-5;1-3-4-2;1-2/h2-3,5H2,1H3;3-4H2,1-2H3;1-2H3. The fourth-order valence-electron chi connectivity index (χ4n) is 0.144. The Kier molecular flexibility index (Phi) is 33.0. The van der Waals surface area contributed by atoms with Crippen LogP contribution in [-0.2, 0) is 4.79 Å². The molecular weight excluding hydrogens is 150 g/mol. The summed E-state index contributed by atoms with van der Waals surface area (Å²) in [6, 6.07) is 0. The van der Waals surface area contributed by atoms with Crippen LogP contribution in [0.25, 0.3) is 0 Å². The highest BCUT2D eigenvalue weighted by molar-refractivity contribution is 5.79. The van der Waals surface area contributed by atoms with Gasteiger partial charge in [-0.3, -0.25) is 4.79 Å². The molecule has 0 aliphatic heterocycles. The molecule has 2 nitrogen and oxygen atoms in total. The van der Waals surface area contributed by atoms with Crippen LogP contribution in [-0.4, -0.2) is 12.3 Å². The normalized spacial score (nSPS) is 7.17. The van der Waals surface area contributed by atoms with Gasteiger partial charge in [0, 0.05) is 6.42 Å². The van der Waals surface area contributed by atoms with E-state index in [9.17, 15) is 4.79 Å². The lowest BCUT2D eigenvalue weighted by molar-refractivity contribution is -0.117. The molecule has 0 aromatic heterocycles. The maximum Gasteiger partial charge on any atom is 0.146 e. The lowest BCUT2D eigenvalue weighted by atomic mass is 10.3. The molecule has 2 N–H and O–H groups in total. The summed E-state index contributed by atoms with van der Waals surface area (Å²) in [6.45, 7) is 10.4. The molecule has 76 valence electrons. The van der Waals surface area contributed by atoms with Crippen LogP contribution in [0, 0.1) is 0 Å². The molecular formula is C10H25NO. The molecule has 0 radical (unpaired) electrons. The third kappa shape index (κ3) is 33.5. The molecule has 0 amide bonds. The van der Waals surface area contributed by atoms with Crippen LogP contribution in [0.5, 0.6) is 0 Å². The molecule has 0 saturated carbocycles. The van der Waals surface area contributed by atoms with E-state index in [1.54, 1.807) is 6.92 Å². The van der Waals surface area contributed by atoms with Gasteiger partial charge in [0.15, 0.2) is 0 Å². The first-order chi connectivity index (χ1) is 5.72. The molecule has 0 unspecified atom stereocenters. The van der Waals surface area contributed by atoms with E-state index in [0.717, 1.165) is 0 Å². The Hall–Kier alpha value is -0.370. The number of hydrogen-bond acceptors (Lipinski definition) is 2. The molecule has 0 aliphatic rings. The van der Waals surface area contributed by atoms with E-state index in [2.05, 4.69) is 13.8 Å². The summed E-state index contributed by atoms with van der Waals surface area (Å²) in [5.74, 6) is 0.120. The lowest BCUT2D eigenvalue weighted by Crippen LogP contribution is -2.11. The molecule has 0 aromatic rings. The number of unbranched alkanes of at least 4 members (excludes halogenated alkanes) is 1. The summed E-state index contributed by atoms with van der Waals surface area (Å²) in [4.78, 5) is 10.1. The number of carbonyl (C=O) groups excluding carboxylic acids is 1. The smallest absolute Gasteiger partial charge is 0.146 e. The summed E-state index contributed by atoms with van der Waals surface area (Å²) in [5.41, 5.74) is 4.93. The van der Waals surface area contributed by atoms with Crippen molar-refractivity contribution in [3.8, 4) is 0 Å². The molecule has 0 aromatic carbocycles. The summed E-state index contributed by atoms with van der Waals surface area (Å²) in [7, 11) is 0. The van der Waals surface area contributed by atoms with Crippen LogP contribution < -0.4 is 5.73 Å². The van der Waals surface area contributed by atoms with Gasteiger partial charge in [-0.15, -0.1) is 0 Å². The van der Waals surface area contributed by atoms with Crippen molar-refractivity contribution in [2.45, 2.75) is 53.9 Å². The maximum absolute atomic E-state index is 10.1. The zero-order valence-electron chi connectivity index (χ0n) is 9.31. The Morgan fingerprint density at radius 1 is 1.08 bits per heavy atom. The summed E-state index contributed by atoms with van der Waals surface area (Å²) < 4.78 is 0. The maximum atomic E-state index is 10.1. The Labute approximate surface area is 77.5 Å². The second kappa shape index (κ2) is 22.4. The third-order valence-corrected chi connectivity index (χ3v) is 1.12. The fraction of sp³-hybridized carbons (Fsp3) is 0.900. The van der Waals surface area contributed by atoms with E-state index in [-0.39, 0.29) is 12.3 Å². The highest BCUT2D eigenvalue weighted by Gasteiger charge is 1.87. The minimum atomic E-state index is 0.120. The van der Waals surface area contributed by atoms with Gasteiger partial charge in [0.1, 0.15) is 5.78 Å². The quantitative estimate of drug-likeness (QED) is 0.716. The van der Waals surface area contributed by atoms with Gasteiger partial charge in [-0.1, -0.05) is 47.5 Å². The largest absolute Gasteiger partial charge is 0.324 e. The zero-order chi connectivity index (χ0) is 10.4. The van der Waals surface area contributed by atoms with Gasteiger partial charge in [-0.25, -0.2) is 0 Å². The van der Waals surface area contributed by atoms with Gasteiger partial charge in [-0.2, -0.15) is 0 Å². The van der Waals surface area contributed by atoms with Crippen LogP contribution in [0.1, 0.15) is 53.9 Å². The van der Waals surface area contributed by atoms with Crippen molar-refractivity contribution in [2.24, 2.45) is 5.73 Å². The van der Waals surface area contributed by atoms with Crippen LogP contribution in [0.2, 0.25) is 0 Å². The van der Waals surface area contributed by atoms with Gasteiger partial charge in [-0.05, 0) is 0 Å². The average Bonchev–Trinajstić information content (AvgIpc) is 2.20. The summed E-state index contributed by atoms with van der Waals surface area (Å²) in [6.07, 6.45) is 3.20. The van der Waals surface area contributed by atoms with E-state index < -0.39 is 0 Å². The second-order valence-electron chi connectivity index (χ2n) is 2.10. The molecule has 12 heavy (non-hydrogen) atoms. The number of ketones is 1. The molecule has 0 heterocycles. The van der Waals surface area contributed by atoms with E-state index in [4.69, 9.17) is 5.73 Å². The second-order valence-corrected chi connectivity index (χ2v) is 2.10. The third-order valence-electron chi connectivity index (χ3n) is 1.12. The summed E-state index contributed by atoms with van der Waals surface area (Å²) in [5, 5.41) is 0. The Morgan fingerprint density at radius 2 is 1.42 bits per heavy atom. The van der Waals surface area contributed by atoms with E-state index in [0.29, 0.717) is 6.42 Å². The number of hydrogen-bond donors (Lipinski definition) is 1. The number of carbonyl (C=O) groups is 1. The van der Waals surface area contributed by atoms with Crippen molar-refractivity contribution in [3.63, 3.8) is 0 Å². The van der Waals surface area contributed by atoms with E-state index in [1.165, 1.54) is 12.8 Å². The highest BCUT2D eigenvalue weighted by Crippen LogP contribution is 1.76. The van der Waals surface area contributed by atoms with Crippen molar-refractivity contribution in [1.82, 2.24) is 0 Å². The predicted octanol–water partition coefficient (Wildman–Crippen LogP) is 2.76. The van der Waals surface area contributed by atoms with E-state index >= 15 is 0 Å². The van der Waals surface area contributed by atoms with Gasteiger partial charge in [0.05, 0.1) is 6.54 Å². The number of rotatable bonds is 3. The molecule has 0 bridgehead atoms. The molecule has 0 rings (SSSR count). The average molecular weight is 175 g/mol. The minimum Gasteiger partial charge on any atom is -0.324 e. The molecule has 0 saturated heterocycles. The number of nitrogens with two attached hydrogens (primary N) is 1. The molecule has 0 spiro atoms. The van der Waals surface area contributed by atoms with E-state index in [1.807, 2.05) is 13.8 Å². The Bertz CT molecular complexity index is 64.2. The molecule has 2 heteroatoms. The first-order valence-corrected chi connectivity index (χ1v) is 4.94. The molecule has 0 fully saturated rings. The van der Waals surface area contributed by atoms with Gasteiger partial charge < -0.3 is 5.73 Å². The first-order valence-electron chi connectivity index (χ1n) is 4.94. The van der Waals surface area contributed by atoms with Crippen molar-refractivity contribution in [2.75, 3.05) is 6.54 Å². The number of Topliss-reactive ketones (excluding diaryl/α,β-unsaturated/α-hetero) is 1. The fourth-order valence-corrected chi connectivity index (χ4v) is 0.144. The van der Waals surface area contributed by atoms with Crippen LogP contribution in [0.4, 0.5) is 0 Å². The van der Waals surface area contributed by atoms with Crippen LogP contribution in [0.15, 0.2) is 0 Å². The predicted molar refractivity (Wildman–Crippen MR) is 56.3 cm³/mol. The zero-order valence-corrected chi connectivity index (χ0v) is 9.31. The Morgan fingerprint density at radius 3 is 1.42 bits per heavy atom. The highest BCUT2D eigenvalue weighted by atomic mass is 16.1. The first kappa shape index (κ1) is 17.6. The topological polar surface area (TPSA) is 43.1 Å². The van der Waals surface area contributed by atoms with Gasteiger partial charge in [0.25, 0.3) is 0 Å². The molecule has 0 atom stereocenters. The molecule has 0 aliphatic carbocycles. The van der Waals surface area contributed by atoms with Crippen LogP contribution >= 0.6 is 0 Å². The van der Waals surface area contributed by atoms with Crippen molar-refractivity contribution in [1.29, 1.82) is 0 Å². The lowest BCUT2D eigenvalue weighted by Gasteiger charge is -1.82. The minimum absolute atomic E-state index is 0.120. The van der Waals surface area contributed by atoms with Crippen molar-refractivity contribution >= 4 is 5.78 Å². The monoisotopic (exact) mass is 175 g/mol.